The standard InChI is InChI=1S/C38H38ClFN6O5/c1-43-30-10-6-5-9-28(30)31(39)33(43)37(49)45-18-15-27(29(21-45)24-7-3-2-4-8-24)35(47)44-19-16-38(50,17-20-44)22-46-23-42-34(32(41)36(46)48)51-26-13-11-25(40)12-14-26/h2-14,23,27,29,50H,15-22,41H2,1H3/t27-,29+/m1/s1. The molecule has 264 valence electrons. The lowest BCUT2D eigenvalue weighted by atomic mass is 9.79. The Morgan fingerprint density at radius 1 is 1.00 bits per heavy atom. The van der Waals surface area contributed by atoms with E-state index in [0.717, 1.165) is 16.5 Å². The lowest BCUT2D eigenvalue weighted by Crippen LogP contribution is -2.53. The summed E-state index contributed by atoms with van der Waals surface area (Å²) in [7, 11) is 1.84. The molecule has 2 aliphatic rings. The Morgan fingerprint density at radius 3 is 2.39 bits per heavy atom. The van der Waals surface area contributed by atoms with Gasteiger partial charge >= 0.3 is 0 Å². The Kier molecular flexibility index (Phi) is 9.30. The van der Waals surface area contributed by atoms with E-state index in [1.807, 2.05) is 66.2 Å². The second kappa shape index (κ2) is 13.8. The van der Waals surface area contributed by atoms with Crippen molar-refractivity contribution < 1.29 is 23.8 Å². The summed E-state index contributed by atoms with van der Waals surface area (Å²) in [5.74, 6) is -1.09. The summed E-state index contributed by atoms with van der Waals surface area (Å²) in [5.41, 5.74) is 6.23. The largest absolute Gasteiger partial charge is 0.437 e. The van der Waals surface area contributed by atoms with Gasteiger partial charge in [-0.1, -0.05) is 60.1 Å². The third kappa shape index (κ3) is 6.68. The van der Waals surface area contributed by atoms with E-state index in [1.165, 1.54) is 35.2 Å². The van der Waals surface area contributed by atoms with Crippen LogP contribution in [0.4, 0.5) is 10.1 Å². The van der Waals surface area contributed by atoms with Crippen molar-refractivity contribution >= 4 is 40.0 Å². The minimum absolute atomic E-state index is 0.0222. The molecule has 0 aliphatic carbocycles. The normalized spacial score (nSPS) is 18.9. The van der Waals surface area contributed by atoms with Gasteiger partial charge in [0.25, 0.3) is 11.5 Å². The quantitative estimate of drug-likeness (QED) is 0.237. The molecule has 2 atom stereocenters. The number of aromatic nitrogens is 3. The summed E-state index contributed by atoms with van der Waals surface area (Å²) >= 11 is 6.75. The summed E-state index contributed by atoms with van der Waals surface area (Å²) in [5, 5.41) is 12.8. The van der Waals surface area contributed by atoms with Gasteiger partial charge in [-0.25, -0.2) is 9.37 Å². The molecular formula is C38H38ClFN6O5. The van der Waals surface area contributed by atoms with Gasteiger partial charge in [-0.15, -0.1) is 0 Å². The number of nitrogens with two attached hydrogens (primary N) is 1. The first-order chi connectivity index (χ1) is 24.5. The second-order valence-electron chi connectivity index (χ2n) is 13.4. The Morgan fingerprint density at radius 2 is 1.69 bits per heavy atom. The molecule has 0 radical (unpaired) electrons. The topological polar surface area (TPSA) is 136 Å². The fourth-order valence-corrected chi connectivity index (χ4v) is 7.72. The number of amides is 2. The molecule has 0 spiro atoms. The van der Waals surface area contributed by atoms with Crippen LogP contribution in [0.5, 0.6) is 11.6 Å². The van der Waals surface area contributed by atoms with Gasteiger partial charge in [0, 0.05) is 56.0 Å². The van der Waals surface area contributed by atoms with Crippen molar-refractivity contribution in [1.29, 1.82) is 0 Å². The number of halogens is 2. The molecule has 3 aromatic carbocycles. The van der Waals surface area contributed by atoms with Crippen molar-refractivity contribution in [3.8, 4) is 11.6 Å². The van der Waals surface area contributed by atoms with E-state index in [4.69, 9.17) is 22.1 Å². The SMILES string of the molecule is Cn1c(C(=O)N2CC[C@@H](C(=O)N3CCC(O)(Cn4cnc(Oc5ccc(F)cc5)c(N)c4=O)CC3)[C@H](c3ccccc3)C2)c(Cl)c2ccccc21. The van der Waals surface area contributed by atoms with Crippen LogP contribution in [0.2, 0.25) is 5.02 Å². The molecule has 7 rings (SSSR count). The van der Waals surface area contributed by atoms with Gasteiger partial charge in [0.15, 0.2) is 5.69 Å². The predicted octanol–water partition coefficient (Wildman–Crippen LogP) is 5.20. The number of likely N-dealkylation sites (tertiary alicyclic amines) is 2. The average Bonchev–Trinajstić information content (AvgIpc) is 3.41. The number of piperidine rings is 2. The fourth-order valence-electron chi connectivity index (χ4n) is 7.36. The third-order valence-electron chi connectivity index (χ3n) is 10.2. The van der Waals surface area contributed by atoms with Crippen LogP contribution in [0.1, 0.15) is 41.2 Å². The summed E-state index contributed by atoms with van der Waals surface area (Å²) in [6.07, 6.45) is 2.22. The summed E-state index contributed by atoms with van der Waals surface area (Å²) < 4.78 is 21.9. The predicted molar refractivity (Wildman–Crippen MR) is 191 cm³/mol. The Hall–Kier alpha value is -5.20. The summed E-state index contributed by atoms with van der Waals surface area (Å²) in [6.45, 7) is 1.28. The zero-order chi connectivity index (χ0) is 35.9. The molecule has 13 heteroatoms. The van der Waals surface area contributed by atoms with Crippen LogP contribution < -0.4 is 16.0 Å². The second-order valence-corrected chi connectivity index (χ2v) is 13.8. The zero-order valence-corrected chi connectivity index (χ0v) is 28.8. The molecule has 2 aromatic heterocycles. The number of carbonyl (C=O) groups is 2. The van der Waals surface area contributed by atoms with Gasteiger partial charge in [-0.3, -0.25) is 19.0 Å². The molecular weight excluding hydrogens is 675 g/mol. The van der Waals surface area contributed by atoms with Crippen LogP contribution >= 0.6 is 11.6 Å². The number of nitrogens with zero attached hydrogens (tertiary/aromatic N) is 5. The average molecular weight is 713 g/mol. The van der Waals surface area contributed by atoms with Gasteiger partial charge in [0.2, 0.25) is 11.8 Å². The number of nitrogen functional groups attached to an aromatic ring is 1. The Balaban J connectivity index is 1.03. The van der Waals surface area contributed by atoms with Gasteiger partial charge in [0.1, 0.15) is 23.6 Å². The molecule has 3 N–H and O–H groups in total. The Bertz CT molecular complexity index is 2110. The van der Waals surface area contributed by atoms with Crippen LogP contribution in [-0.4, -0.2) is 72.6 Å². The van der Waals surface area contributed by atoms with Crippen molar-refractivity contribution in [3.63, 3.8) is 0 Å². The van der Waals surface area contributed by atoms with Crippen LogP contribution in [0.15, 0.2) is 90.0 Å². The maximum absolute atomic E-state index is 14.2. The first-order valence-electron chi connectivity index (χ1n) is 16.9. The molecule has 2 amide bonds. The van der Waals surface area contributed by atoms with E-state index in [0.29, 0.717) is 43.3 Å². The highest BCUT2D eigenvalue weighted by atomic mass is 35.5. The molecule has 5 aromatic rings. The van der Waals surface area contributed by atoms with Crippen molar-refractivity contribution in [2.45, 2.75) is 37.3 Å². The molecule has 2 saturated heterocycles. The maximum atomic E-state index is 14.2. The van der Waals surface area contributed by atoms with E-state index < -0.39 is 17.0 Å². The van der Waals surface area contributed by atoms with Gasteiger partial charge < -0.3 is 29.9 Å². The third-order valence-corrected chi connectivity index (χ3v) is 10.6. The summed E-state index contributed by atoms with van der Waals surface area (Å²) in [4.78, 5) is 49.0. The van der Waals surface area contributed by atoms with E-state index in [-0.39, 0.29) is 60.4 Å². The van der Waals surface area contributed by atoms with Crippen molar-refractivity contribution in [2.75, 3.05) is 31.9 Å². The zero-order valence-electron chi connectivity index (χ0n) is 28.0. The van der Waals surface area contributed by atoms with Crippen molar-refractivity contribution in [2.24, 2.45) is 13.0 Å². The smallest absolute Gasteiger partial charge is 0.280 e. The minimum Gasteiger partial charge on any atom is -0.437 e. The molecule has 0 unspecified atom stereocenters. The van der Waals surface area contributed by atoms with E-state index in [2.05, 4.69) is 4.98 Å². The first kappa shape index (κ1) is 34.3. The lowest BCUT2D eigenvalue weighted by molar-refractivity contribution is -0.142. The highest BCUT2D eigenvalue weighted by Crippen LogP contribution is 2.38. The number of ether oxygens (including phenoxy) is 1. The van der Waals surface area contributed by atoms with Crippen LogP contribution in [0, 0.1) is 11.7 Å². The van der Waals surface area contributed by atoms with E-state index in [9.17, 15) is 23.9 Å². The number of para-hydroxylation sites is 1. The van der Waals surface area contributed by atoms with Gasteiger partial charge in [-0.05, 0) is 55.2 Å². The summed E-state index contributed by atoms with van der Waals surface area (Å²) in [6, 6.07) is 22.6. The molecule has 2 aliphatic heterocycles. The number of anilines is 1. The number of hydrogen-bond donors (Lipinski definition) is 2. The van der Waals surface area contributed by atoms with Crippen LogP contribution in [-0.2, 0) is 18.4 Å². The Labute approximate surface area is 298 Å². The number of benzene rings is 3. The number of aryl methyl sites for hydroxylation is 1. The van der Waals surface area contributed by atoms with Gasteiger partial charge in [0.05, 0.1) is 17.2 Å². The van der Waals surface area contributed by atoms with Crippen LogP contribution in [0.3, 0.4) is 0 Å². The molecule has 4 heterocycles. The highest BCUT2D eigenvalue weighted by molar-refractivity contribution is 6.38. The molecule has 0 saturated carbocycles. The van der Waals surface area contributed by atoms with Crippen molar-refractivity contribution in [1.82, 2.24) is 23.9 Å². The number of rotatable bonds is 7. The minimum atomic E-state index is -1.28. The number of fused-ring (bicyclic) bond motifs is 1. The number of hydrogen-bond acceptors (Lipinski definition) is 7. The molecule has 51 heavy (non-hydrogen) atoms. The van der Waals surface area contributed by atoms with E-state index >= 15 is 0 Å². The van der Waals surface area contributed by atoms with Crippen molar-refractivity contribution in [3.05, 3.63) is 118 Å². The number of carbonyl (C=O) groups excluding carboxylic acids is 2. The van der Waals surface area contributed by atoms with E-state index in [1.54, 1.807) is 9.80 Å². The molecule has 0 bridgehead atoms. The maximum Gasteiger partial charge on any atom is 0.280 e. The van der Waals surface area contributed by atoms with Gasteiger partial charge in [-0.2, -0.15) is 0 Å². The first-order valence-corrected chi connectivity index (χ1v) is 17.3. The molecule has 2 fully saturated rings. The monoisotopic (exact) mass is 712 g/mol. The number of aliphatic hydroxyl groups is 1. The highest BCUT2D eigenvalue weighted by Gasteiger charge is 2.42. The van der Waals surface area contributed by atoms with Crippen LogP contribution in [0.25, 0.3) is 10.9 Å². The lowest BCUT2D eigenvalue weighted by Gasteiger charge is -2.43. The molecule has 11 nitrogen and oxygen atoms in total. The fraction of sp³-hybridized carbons (Fsp3) is 0.316.